The van der Waals surface area contributed by atoms with Gasteiger partial charge in [-0.25, -0.2) is 0 Å². The van der Waals surface area contributed by atoms with Crippen LogP contribution in [0.5, 0.6) is 0 Å². The molecule has 52 heavy (non-hydrogen) atoms. The molecule has 0 unspecified atom stereocenters. The fourth-order valence-electron chi connectivity index (χ4n) is 8.48. The summed E-state index contributed by atoms with van der Waals surface area (Å²) in [5.74, 6) is 0. The Kier molecular flexibility index (Phi) is 6.28. The van der Waals surface area contributed by atoms with Gasteiger partial charge in [0.1, 0.15) is 0 Å². The van der Waals surface area contributed by atoms with Gasteiger partial charge >= 0.3 is 0 Å². The van der Waals surface area contributed by atoms with Gasteiger partial charge < -0.3 is 9.13 Å². The second-order valence-corrected chi connectivity index (χ2v) is 13.8. The van der Waals surface area contributed by atoms with Crippen LogP contribution in [0.15, 0.2) is 194 Å². The zero-order valence-electron chi connectivity index (χ0n) is 28.4. The summed E-state index contributed by atoms with van der Waals surface area (Å²) in [5, 5.41) is 7.66. The van der Waals surface area contributed by atoms with Crippen molar-refractivity contribution < 1.29 is 0 Å². The van der Waals surface area contributed by atoms with Crippen LogP contribution < -0.4 is 0 Å². The number of para-hydroxylation sites is 2. The van der Waals surface area contributed by atoms with Gasteiger partial charge in [-0.2, -0.15) is 0 Å². The van der Waals surface area contributed by atoms with Gasteiger partial charge in [-0.1, -0.05) is 127 Å². The summed E-state index contributed by atoms with van der Waals surface area (Å²) in [6.07, 6.45) is 0. The monoisotopic (exact) mass is 660 g/mol. The minimum atomic E-state index is 1.16. The van der Waals surface area contributed by atoms with Crippen LogP contribution in [-0.2, 0) is 0 Å². The molecule has 11 aromatic rings. The Bertz CT molecular complexity index is 3040. The van der Waals surface area contributed by atoms with E-state index in [2.05, 4.69) is 203 Å². The largest absolute Gasteiger partial charge is 0.309 e. The van der Waals surface area contributed by atoms with E-state index in [1.807, 2.05) is 0 Å². The third kappa shape index (κ3) is 4.38. The molecule has 0 spiro atoms. The molecule has 0 bridgehead atoms. The molecule has 2 heterocycles. The van der Waals surface area contributed by atoms with Crippen molar-refractivity contribution in [2.45, 2.75) is 0 Å². The number of nitrogens with zero attached hydrogens (tertiary/aromatic N) is 2. The van der Waals surface area contributed by atoms with Crippen molar-refractivity contribution in [2.24, 2.45) is 0 Å². The molecule has 0 saturated heterocycles. The predicted molar refractivity (Wildman–Crippen MR) is 220 cm³/mol. The maximum Gasteiger partial charge on any atom is 0.0553 e. The lowest BCUT2D eigenvalue weighted by Gasteiger charge is -2.14. The van der Waals surface area contributed by atoms with E-state index in [4.69, 9.17) is 0 Å². The van der Waals surface area contributed by atoms with E-state index >= 15 is 0 Å². The molecular formula is C50H32N2. The third-order valence-electron chi connectivity index (χ3n) is 10.8. The zero-order chi connectivity index (χ0) is 34.2. The molecule has 11 rings (SSSR count). The SMILES string of the molecule is c1ccc(-c2cc(-c3ccccc3)cc(-n3c4cccc5ccc6cc(-c7ccc8c(c7)c7ccccc7n8-c7ccccc7)cc3c6c54)c2)cc1. The first-order chi connectivity index (χ1) is 25.8. The lowest BCUT2D eigenvalue weighted by molar-refractivity contribution is 1.18. The van der Waals surface area contributed by atoms with Crippen molar-refractivity contribution in [3.8, 4) is 44.8 Å². The van der Waals surface area contributed by atoms with Gasteiger partial charge in [0.25, 0.3) is 0 Å². The van der Waals surface area contributed by atoms with Crippen LogP contribution in [-0.4, -0.2) is 9.13 Å². The second kappa shape index (κ2) is 11.3. The molecule has 0 aliphatic heterocycles. The standard InChI is InChI=1S/C50H32N2/c1-4-13-33(14-5-1)38-28-39(34-15-6-2-7-16-34)30-42(29-38)52-47-22-12-17-35-23-24-37-27-40(32-48(52)50(37)49(35)47)36-25-26-46-44(31-36)43-20-10-11-21-45(43)51(46)41-18-8-3-9-19-41/h1-32H. The summed E-state index contributed by atoms with van der Waals surface area (Å²) in [4.78, 5) is 0. The Hall–Kier alpha value is -6.90. The van der Waals surface area contributed by atoms with Crippen LogP contribution in [0.4, 0.5) is 0 Å². The van der Waals surface area contributed by atoms with Crippen molar-refractivity contribution in [3.63, 3.8) is 0 Å². The molecule has 0 aliphatic carbocycles. The normalized spacial score (nSPS) is 11.8. The van der Waals surface area contributed by atoms with Gasteiger partial charge in [0, 0.05) is 32.9 Å². The van der Waals surface area contributed by atoms with Gasteiger partial charge in [0.2, 0.25) is 0 Å². The summed E-state index contributed by atoms with van der Waals surface area (Å²) >= 11 is 0. The fraction of sp³-hybridized carbons (Fsp3) is 0. The van der Waals surface area contributed by atoms with E-state index in [1.54, 1.807) is 0 Å². The maximum atomic E-state index is 2.49. The van der Waals surface area contributed by atoms with Gasteiger partial charge in [-0.3, -0.25) is 0 Å². The minimum Gasteiger partial charge on any atom is -0.309 e. The van der Waals surface area contributed by atoms with Crippen LogP contribution in [0.25, 0.3) is 99.1 Å². The van der Waals surface area contributed by atoms with Crippen LogP contribution >= 0.6 is 0 Å². The quantitative estimate of drug-likeness (QED) is 0.163. The Morgan fingerprint density at radius 2 is 0.827 bits per heavy atom. The fourth-order valence-corrected chi connectivity index (χ4v) is 8.48. The van der Waals surface area contributed by atoms with E-state index in [0.29, 0.717) is 0 Å². The van der Waals surface area contributed by atoms with Gasteiger partial charge in [0.15, 0.2) is 0 Å². The van der Waals surface area contributed by atoms with Crippen LogP contribution in [0.3, 0.4) is 0 Å². The van der Waals surface area contributed by atoms with E-state index in [1.165, 1.54) is 93.5 Å². The number of fused-ring (bicyclic) bond motifs is 3. The van der Waals surface area contributed by atoms with Crippen molar-refractivity contribution in [3.05, 3.63) is 194 Å². The first-order valence-corrected chi connectivity index (χ1v) is 17.9. The van der Waals surface area contributed by atoms with Crippen molar-refractivity contribution in [1.82, 2.24) is 9.13 Å². The molecule has 0 saturated carbocycles. The molecule has 0 fully saturated rings. The molecule has 0 atom stereocenters. The highest BCUT2D eigenvalue weighted by Gasteiger charge is 2.20. The summed E-state index contributed by atoms with van der Waals surface area (Å²) in [7, 11) is 0. The van der Waals surface area contributed by atoms with E-state index in [9.17, 15) is 0 Å². The topological polar surface area (TPSA) is 9.86 Å². The minimum absolute atomic E-state index is 1.16. The van der Waals surface area contributed by atoms with E-state index in [-0.39, 0.29) is 0 Å². The predicted octanol–water partition coefficient (Wildman–Crippen LogP) is 13.5. The third-order valence-corrected chi connectivity index (χ3v) is 10.8. The summed E-state index contributed by atoms with van der Waals surface area (Å²) in [6, 6.07) is 71.0. The Labute approximate surface area is 301 Å². The molecule has 0 aliphatic rings. The molecule has 2 heteroatoms. The Balaban J connectivity index is 1.18. The number of aromatic nitrogens is 2. The van der Waals surface area contributed by atoms with Crippen LogP contribution in [0.2, 0.25) is 0 Å². The van der Waals surface area contributed by atoms with Crippen LogP contribution in [0.1, 0.15) is 0 Å². The number of rotatable bonds is 5. The molecule has 0 N–H and O–H groups in total. The van der Waals surface area contributed by atoms with Gasteiger partial charge in [0.05, 0.1) is 22.1 Å². The molecule has 2 nitrogen and oxygen atoms in total. The van der Waals surface area contributed by atoms with Gasteiger partial charge in [-0.05, 0) is 111 Å². The number of benzene rings is 9. The highest BCUT2D eigenvalue weighted by Crippen LogP contribution is 2.43. The van der Waals surface area contributed by atoms with Gasteiger partial charge in [-0.15, -0.1) is 0 Å². The highest BCUT2D eigenvalue weighted by atomic mass is 15.0. The lowest BCUT2D eigenvalue weighted by atomic mass is 9.96. The highest BCUT2D eigenvalue weighted by molar-refractivity contribution is 6.25. The first kappa shape index (κ1) is 28.9. The van der Waals surface area contributed by atoms with E-state index < -0.39 is 0 Å². The second-order valence-electron chi connectivity index (χ2n) is 13.8. The van der Waals surface area contributed by atoms with Crippen molar-refractivity contribution in [1.29, 1.82) is 0 Å². The smallest absolute Gasteiger partial charge is 0.0553 e. The Morgan fingerprint density at radius 1 is 0.250 bits per heavy atom. The average molecular weight is 661 g/mol. The molecule has 242 valence electrons. The van der Waals surface area contributed by atoms with Crippen molar-refractivity contribution >= 4 is 54.4 Å². The first-order valence-electron chi connectivity index (χ1n) is 17.9. The zero-order valence-corrected chi connectivity index (χ0v) is 28.4. The number of hydrogen-bond donors (Lipinski definition) is 0. The molecular weight excluding hydrogens is 629 g/mol. The van der Waals surface area contributed by atoms with E-state index in [0.717, 1.165) is 5.69 Å². The molecule has 0 radical (unpaired) electrons. The Morgan fingerprint density at radius 3 is 1.58 bits per heavy atom. The average Bonchev–Trinajstić information content (AvgIpc) is 3.74. The van der Waals surface area contributed by atoms with Crippen molar-refractivity contribution in [2.75, 3.05) is 0 Å². The molecule has 0 amide bonds. The van der Waals surface area contributed by atoms with Crippen LogP contribution in [0, 0.1) is 0 Å². The summed E-state index contributed by atoms with van der Waals surface area (Å²) in [5.41, 5.74) is 14.4. The maximum absolute atomic E-state index is 2.49. The lowest BCUT2D eigenvalue weighted by Crippen LogP contribution is -1.96. The molecule has 9 aromatic carbocycles. The number of hydrogen-bond acceptors (Lipinski definition) is 0. The summed E-state index contributed by atoms with van der Waals surface area (Å²) in [6.45, 7) is 0. The molecule has 2 aromatic heterocycles. The summed E-state index contributed by atoms with van der Waals surface area (Å²) < 4.78 is 4.88.